The van der Waals surface area contributed by atoms with Crippen molar-refractivity contribution in [2.45, 2.75) is 6.54 Å². The number of ether oxygens (including phenoxy) is 1. The largest absolute Gasteiger partial charge is 0.454 e. The van der Waals surface area contributed by atoms with Crippen LogP contribution in [0, 0.1) is 11.6 Å². The number of nitrogens with two attached hydrogens (primary N) is 1. The van der Waals surface area contributed by atoms with Gasteiger partial charge in [-0.3, -0.25) is 0 Å². The molecular weight excluding hydrogens is 272 g/mol. The van der Waals surface area contributed by atoms with Gasteiger partial charge in [0.05, 0.1) is 0 Å². The first kappa shape index (κ1) is 13.5. The maximum atomic E-state index is 13.7. The molecule has 0 bridgehead atoms. The standard InChI is InChI=1S/C17H13F2NO/c18-12-6-7-15(19)17(9-12)21-16-8-5-11(10-20)13-3-1-2-4-14(13)16/h1-9H,10,20H2. The Hall–Kier alpha value is -2.46. The fourth-order valence-electron chi connectivity index (χ4n) is 2.27. The molecule has 21 heavy (non-hydrogen) atoms. The van der Waals surface area contributed by atoms with Crippen molar-refractivity contribution in [3.63, 3.8) is 0 Å². The average molecular weight is 285 g/mol. The third-order valence-electron chi connectivity index (χ3n) is 3.31. The molecule has 0 aliphatic heterocycles. The highest BCUT2D eigenvalue weighted by Crippen LogP contribution is 2.33. The van der Waals surface area contributed by atoms with E-state index in [1.165, 1.54) is 0 Å². The molecule has 0 amide bonds. The predicted octanol–water partition coefficient (Wildman–Crippen LogP) is 4.37. The Kier molecular flexibility index (Phi) is 3.54. The molecular formula is C17H13F2NO. The van der Waals surface area contributed by atoms with Crippen LogP contribution in [0.3, 0.4) is 0 Å². The highest BCUT2D eigenvalue weighted by atomic mass is 19.1. The van der Waals surface area contributed by atoms with E-state index in [2.05, 4.69) is 0 Å². The molecule has 0 fully saturated rings. The first-order valence-electron chi connectivity index (χ1n) is 6.52. The highest BCUT2D eigenvalue weighted by Gasteiger charge is 2.10. The van der Waals surface area contributed by atoms with E-state index in [1.54, 1.807) is 6.07 Å². The second-order valence-electron chi connectivity index (χ2n) is 4.65. The summed E-state index contributed by atoms with van der Waals surface area (Å²) in [5, 5.41) is 1.75. The van der Waals surface area contributed by atoms with Crippen molar-refractivity contribution in [2.75, 3.05) is 0 Å². The minimum absolute atomic E-state index is 0.138. The number of fused-ring (bicyclic) bond motifs is 1. The number of halogens is 2. The third-order valence-corrected chi connectivity index (χ3v) is 3.31. The van der Waals surface area contributed by atoms with Crippen LogP contribution in [-0.2, 0) is 6.54 Å². The van der Waals surface area contributed by atoms with Crippen molar-refractivity contribution in [3.05, 3.63) is 71.8 Å². The van der Waals surface area contributed by atoms with E-state index in [0.717, 1.165) is 34.5 Å². The van der Waals surface area contributed by atoms with Gasteiger partial charge in [0.2, 0.25) is 0 Å². The molecule has 106 valence electrons. The SMILES string of the molecule is NCc1ccc(Oc2cc(F)ccc2F)c2ccccc12. The molecule has 2 N–H and O–H groups in total. The Bertz CT molecular complexity index is 802. The summed E-state index contributed by atoms with van der Waals surface area (Å²) < 4.78 is 32.5. The summed E-state index contributed by atoms with van der Waals surface area (Å²) in [6.45, 7) is 0.398. The quantitative estimate of drug-likeness (QED) is 0.775. The molecule has 0 radical (unpaired) electrons. The molecule has 3 aromatic rings. The number of benzene rings is 3. The molecule has 3 aromatic carbocycles. The Balaban J connectivity index is 2.11. The predicted molar refractivity (Wildman–Crippen MR) is 78.3 cm³/mol. The topological polar surface area (TPSA) is 35.2 Å². The number of rotatable bonds is 3. The number of hydrogen-bond donors (Lipinski definition) is 1. The van der Waals surface area contributed by atoms with Gasteiger partial charge in [0.15, 0.2) is 11.6 Å². The van der Waals surface area contributed by atoms with E-state index in [-0.39, 0.29) is 5.75 Å². The maximum absolute atomic E-state index is 13.7. The van der Waals surface area contributed by atoms with Crippen molar-refractivity contribution in [1.82, 2.24) is 0 Å². The molecule has 0 saturated heterocycles. The van der Waals surface area contributed by atoms with Gasteiger partial charge in [-0.2, -0.15) is 0 Å². The first-order valence-corrected chi connectivity index (χ1v) is 6.52. The summed E-state index contributed by atoms with van der Waals surface area (Å²) in [7, 11) is 0. The summed E-state index contributed by atoms with van der Waals surface area (Å²) in [5.74, 6) is -0.828. The molecule has 0 spiro atoms. The summed E-state index contributed by atoms with van der Waals surface area (Å²) >= 11 is 0. The molecule has 0 aliphatic carbocycles. The lowest BCUT2D eigenvalue weighted by atomic mass is 10.0. The van der Waals surface area contributed by atoms with E-state index in [1.807, 2.05) is 30.3 Å². The Morgan fingerprint density at radius 1 is 0.857 bits per heavy atom. The Morgan fingerprint density at radius 3 is 2.38 bits per heavy atom. The minimum Gasteiger partial charge on any atom is -0.454 e. The van der Waals surface area contributed by atoms with Crippen LogP contribution in [0.2, 0.25) is 0 Å². The van der Waals surface area contributed by atoms with E-state index < -0.39 is 11.6 Å². The van der Waals surface area contributed by atoms with Gasteiger partial charge in [0, 0.05) is 18.0 Å². The van der Waals surface area contributed by atoms with Crippen LogP contribution in [0.15, 0.2) is 54.6 Å². The lowest BCUT2D eigenvalue weighted by molar-refractivity contribution is 0.440. The van der Waals surface area contributed by atoms with Gasteiger partial charge in [-0.05, 0) is 29.1 Å². The van der Waals surface area contributed by atoms with Crippen molar-refractivity contribution < 1.29 is 13.5 Å². The van der Waals surface area contributed by atoms with Crippen molar-refractivity contribution in [1.29, 1.82) is 0 Å². The van der Waals surface area contributed by atoms with Crippen LogP contribution >= 0.6 is 0 Å². The Morgan fingerprint density at radius 2 is 1.62 bits per heavy atom. The summed E-state index contributed by atoms with van der Waals surface area (Å²) in [6, 6.07) is 14.2. The van der Waals surface area contributed by atoms with E-state index >= 15 is 0 Å². The van der Waals surface area contributed by atoms with Crippen LogP contribution in [0.1, 0.15) is 5.56 Å². The zero-order valence-electron chi connectivity index (χ0n) is 11.1. The average Bonchev–Trinajstić information content (AvgIpc) is 2.51. The third kappa shape index (κ3) is 2.58. The summed E-state index contributed by atoms with van der Waals surface area (Å²) in [6.07, 6.45) is 0. The Labute approximate surface area is 120 Å². The number of hydrogen-bond acceptors (Lipinski definition) is 2. The molecule has 2 nitrogen and oxygen atoms in total. The second kappa shape index (κ2) is 5.50. The molecule has 4 heteroatoms. The van der Waals surface area contributed by atoms with Crippen LogP contribution in [0.25, 0.3) is 10.8 Å². The van der Waals surface area contributed by atoms with Crippen molar-refractivity contribution in [2.24, 2.45) is 5.73 Å². The summed E-state index contributed by atoms with van der Waals surface area (Å²) in [4.78, 5) is 0. The smallest absolute Gasteiger partial charge is 0.166 e. The van der Waals surface area contributed by atoms with E-state index in [4.69, 9.17) is 10.5 Å². The van der Waals surface area contributed by atoms with E-state index in [9.17, 15) is 8.78 Å². The van der Waals surface area contributed by atoms with E-state index in [0.29, 0.717) is 12.3 Å². The zero-order valence-corrected chi connectivity index (χ0v) is 11.1. The highest BCUT2D eigenvalue weighted by molar-refractivity contribution is 5.91. The van der Waals surface area contributed by atoms with Crippen LogP contribution < -0.4 is 10.5 Å². The van der Waals surface area contributed by atoms with Crippen LogP contribution in [0.5, 0.6) is 11.5 Å². The van der Waals surface area contributed by atoms with Gasteiger partial charge in [0.25, 0.3) is 0 Å². The van der Waals surface area contributed by atoms with Crippen LogP contribution in [0.4, 0.5) is 8.78 Å². The fraction of sp³-hybridized carbons (Fsp3) is 0.0588. The van der Waals surface area contributed by atoms with Gasteiger partial charge < -0.3 is 10.5 Å². The first-order chi connectivity index (χ1) is 10.2. The maximum Gasteiger partial charge on any atom is 0.166 e. The lowest BCUT2D eigenvalue weighted by Crippen LogP contribution is -1.98. The molecule has 0 atom stereocenters. The summed E-state index contributed by atoms with van der Waals surface area (Å²) in [5.41, 5.74) is 6.68. The lowest BCUT2D eigenvalue weighted by Gasteiger charge is -2.12. The minimum atomic E-state index is -0.608. The van der Waals surface area contributed by atoms with Gasteiger partial charge in [-0.15, -0.1) is 0 Å². The van der Waals surface area contributed by atoms with Gasteiger partial charge in [-0.25, -0.2) is 8.78 Å². The fourth-order valence-corrected chi connectivity index (χ4v) is 2.27. The zero-order chi connectivity index (χ0) is 14.8. The molecule has 0 saturated carbocycles. The molecule has 3 rings (SSSR count). The molecule has 0 aromatic heterocycles. The van der Waals surface area contributed by atoms with Gasteiger partial charge in [0.1, 0.15) is 11.6 Å². The molecule has 0 heterocycles. The van der Waals surface area contributed by atoms with Gasteiger partial charge >= 0.3 is 0 Å². The van der Waals surface area contributed by atoms with Crippen LogP contribution in [-0.4, -0.2) is 0 Å². The van der Waals surface area contributed by atoms with Crippen molar-refractivity contribution >= 4 is 10.8 Å². The second-order valence-corrected chi connectivity index (χ2v) is 4.65. The molecule has 0 aliphatic rings. The van der Waals surface area contributed by atoms with Gasteiger partial charge in [-0.1, -0.05) is 30.3 Å². The van der Waals surface area contributed by atoms with Crippen molar-refractivity contribution in [3.8, 4) is 11.5 Å². The normalized spacial score (nSPS) is 10.8. The monoisotopic (exact) mass is 285 g/mol. The molecule has 0 unspecified atom stereocenters.